The summed E-state index contributed by atoms with van der Waals surface area (Å²) in [5.74, 6) is -76.6. The normalized spacial score (nSPS) is 25.0. The third-order valence-corrected chi connectivity index (χ3v) is 5.77. The molecule has 26 heteroatoms. The van der Waals surface area contributed by atoms with E-state index in [0.717, 1.165) is 0 Å². The lowest BCUT2D eigenvalue weighted by atomic mass is 9.86. The highest BCUT2D eigenvalue weighted by molar-refractivity contribution is 5.17. The molecule has 0 bridgehead atoms. The van der Waals surface area contributed by atoms with Gasteiger partial charge in [-0.1, -0.05) is 0 Å². The SMILES string of the molecule is OCC(O)C1OC(OCC(F)(F)C(F)(F)C(F)(F)C(F)(F)C(F)(F)C(F)(F)C(F)(F)C(F)(F)C(F)(F)C(F)F)C(O)C1O. The van der Waals surface area contributed by atoms with Gasteiger partial charge in [0, 0.05) is 0 Å². The highest BCUT2D eigenvalue weighted by atomic mass is 19.4. The summed E-state index contributed by atoms with van der Waals surface area (Å²) in [6, 6.07) is 0. The molecule has 0 spiro atoms. The van der Waals surface area contributed by atoms with Crippen LogP contribution in [0.5, 0.6) is 0 Å². The fraction of sp³-hybridized carbons (Fsp3) is 1.00. The first-order chi connectivity index (χ1) is 18.7. The molecule has 0 amide bonds. The topological polar surface area (TPSA) is 99.4 Å². The minimum atomic E-state index is -9.16. The average Bonchev–Trinajstić information content (AvgIpc) is 3.14. The number of ether oxygens (including phenoxy) is 2. The summed E-state index contributed by atoms with van der Waals surface area (Å²) in [7, 11) is 0. The molecule has 5 atom stereocenters. The molecule has 6 nitrogen and oxygen atoms in total. The number of aliphatic hydroxyl groups is 4. The van der Waals surface area contributed by atoms with E-state index in [1.165, 1.54) is 0 Å². The van der Waals surface area contributed by atoms with Crippen LogP contribution >= 0.6 is 0 Å². The standard InChI is InChI=1S/C17H14F20O6/c18-8(19)10(22,23)12(26,27)14(30,31)16(34,35)17(36,37)15(32,33)13(28,29)11(24,25)9(20,21)2-42-7-5(41)4(40)6(43-7)3(39)1-38/h3-8,38-41H,1-2H2. The molecule has 5 unspecified atom stereocenters. The molecule has 0 radical (unpaired) electrons. The van der Waals surface area contributed by atoms with Crippen LogP contribution in [0.3, 0.4) is 0 Å². The second-order valence-electron chi connectivity index (χ2n) is 8.66. The second-order valence-corrected chi connectivity index (χ2v) is 8.66. The molecule has 258 valence electrons. The van der Waals surface area contributed by atoms with E-state index in [0.29, 0.717) is 0 Å². The van der Waals surface area contributed by atoms with Gasteiger partial charge in [-0.3, -0.25) is 0 Å². The van der Waals surface area contributed by atoms with Gasteiger partial charge in [-0.25, -0.2) is 8.78 Å². The van der Waals surface area contributed by atoms with Crippen molar-refractivity contribution in [3.8, 4) is 0 Å². The summed E-state index contributed by atoms with van der Waals surface area (Å²) in [4.78, 5) is 0. The number of aliphatic hydroxyl groups excluding tert-OH is 4. The summed E-state index contributed by atoms with van der Waals surface area (Å²) in [6.45, 7) is -4.83. The lowest BCUT2D eigenvalue weighted by molar-refractivity contribution is -0.466. The molecule has 0 aromatic rings. The van der Waals surface area contributed by atoms with E-state index in [1.54, 1.807) is 0 Å². The Morgan fingerprint density at radius 3 is 1.28 bits per heavy atom. The van der Waals surface area contributed by atoms with Crippen molar-refractivity contribution in [2.24, 2.45) is 0 Å². The smallest absolute Gasteiger partial charge is 0.385 e. The maximum atomic E-state index is 13.9. The van der Waals surface area contributed by atoms with Gasteiger partial charge in [-0.2, -0.15) is 79.0 Å². The van der Waals surface area contributed by atoms with Gasteiger partial charge in [0.2, 0.25) is 0 Å². The lowest BCUT2D eigenvalue weighted by Gasteiger charge is -2.44. The predicted octanol–water partition coefficient (Wildman–Crippen LogP) is 3.79. The van der Waals surface area contributed by atoms with E-state index in [1.807, 2.05) is 0 Å². The van der Waals surface area contributed by atoms with Crippen LogP contribution in [-0.2, 0) is 9.47 Å². The monoisotopic (exact) mass is 694 g/mol. The van der Waals surface area contributed by atoms with Crippen LogP contribution < -0.4 is 0 Å². The molecule has 43 heavy (non-hydrogen) atoms. The zero-order valence-corrected chi connectivity index (χ0v) is 19.5. The third kappa shape index (κ3) is 5.45. The molecule has 4 N–H and O–H groups in total. The molecule has 1 aliphatic rings. The Morgan fingerprint density at radius 2 is 0.930 bits per heavy atom. The van der Waals surface area contributed by atoms with Gasteiger partial charge < -0.3 is 29.9 Å². The Hall–Kier alpha value is -1.64. The third-order valence-electron chi connectivity index (χ3n) is 5.77. The quantitative estimate of drug-likeness (QED) is 0.207. The Bertz CT molecular complexity index is 974. The fourth-order valence-corrected chi connectivity index (χ4v) is 3.07. The largest absolute Gasteiger partial charge is 0.394 e. The van der Waals surface area contributed by atoms with E-state index < -0.39 is 104 Å². The predicted molar refractivity (Wildman–Crippen MR) is 90.2 cm³/mol. The summed E-state index contributed by atoms with van der Waals surface area (Å²) in [5.41, 5.74) is 0. The average molecular weight is 694 g/mol. The van der Waals surface area contributed by atoms with Gasteiger partial charge >= 0.3 is 59.7 Å². The van der Waals surface area contributed by atoms with Gasteiger partial charge in [-0.05, 0) is 0 Å². The Morgan fingerprint density at radius 1 is 0.581 bits per heavy atom. The Labute approximate surface area is 222 Å². The van der Waals surface area contributed by atoms with Crippen molar-refractivity contribution >= 4 is 0 Å². The fourth-order valence-electron chi connectivity index (χ4n) is 3.07. The second kappa shape index (κ2) is 11.3. The molecule has 1 aliphatic heterocycles. The van der Waals surface area contributed by atoms with Crippen molar-refractivity contribution in [2.75, 3.05) is 13.2 Å². The zero-order valence-electron chi connectivity index (χ0n) is 19.5. The summed E-state index contributed by atoms with van der Waals surface area (Å²) >= 11 is 0. The summed E-state index contributed by atoms with van der Waals surface area (Å²) in [6.07, 6.45) is -18.7. The van der Waals surface area contributed by atoms with Crippen LogP contribution in [0.2, 0.25) is 0 Å². The van der Waals surface area contributed by atoms with Gasteiger partial charge in [0.05, 0.1) is 6.61 Å². The zero-order chi connectivity index (χ0) is 34.8. The molecule has 0 aliphatic carbocycles. The minimum Gasteiger partial charge on any atom is -0.394 e. The van der Waals surface area contributed by atoms with Crippen LogP contribution in [0.25, 0.3) is 0 Å². The summed E-state index contributed by atoms with van der Waals surface area (Å²) < 4.78 is 276. The molecule has 1 heterocycles. The molecule has 0 aromatic heterocycles. The molecule has 1 fully saturated rings. The van der Waals surface area contributed by atoms with Gasteiger partial charge in [-0.15, -0.1) is 0 Å². The van der Waals surface area contributed by atoms with E-state index in [-0.39, 0.29) is 0 Å². The van der Waals surface area contributed by atoms with Crippen molar-refractivity contribution in [3.05, 3.63) is 0 Å². The summed E-state index contributed by atoms with van der Waals surface area (Å²) in [5, 5.41) is 36.9. The number of halogens is 20. The number of rotatable bonds is 14. The maximum Gasteiger partial charge on any atom is 0.385 e. The van der Waals surface area contributed by atoms with Crippen molar-refractivity contribution < 1.29 is 118 Å². The van der Waals surface area contributed by atoms with Crippen molar-refractivity contribution in [1.29, 1.82) is 0 Å². The van der Waals surface area contributed by atoms with Crippen LogP contribution in [-0.4, -0.2) is 124 Å². The molecule has 1 rings (SSSR count). The van der Waals surface area contributed by atoms with Crippen molar-refractivity contribution in [1.82, 2.24) is 0 Å². The van der Waals surface area contributed by atoms with Crippen LogP contribution in [0.1, 0.15) is 0 Å². The minimum absolute atomic E-state index is 1.33. The molecule has 0 aromatic carbocycles. The van der Waals surface area contributed by atoms with E-state index >= 15 is 0 Å². The Balaban J connectivity index is 3.49. The van der Waals surface area contributed by atoms with Gasteiger partial charge in [0.15, 0.2) is 6.29 Å². The maximum absolute atomic E-state index is 13.9. The van der Waals surface area contributed by atoms with E-state index in [2.05, 4.69) is 9.47 Å². The van der Waals surface area contributed by atoms with Crippen LogP contribution in [0, 0.1) is 0 Å². The highest BCUT2D eigenvalue weighted by Crippen LogP contribution is 2.65. The lowest BCUT2D eigenvalue weighted by Crippen LogP contribution is -2.76. The first-order valence-electron chi connectivity index (χ1n) is 10.3. The number of hydrogen-bond donors (Lipinski definition) is 4. The highest BCUT2D eigenvalue weighted by Gasteiger charge is 2.96. The first-order valence-corrected chi connectivity index (χ1v) is 10.3. The molecular formula is C17H14F20O6. The van der Waals surface area contributed by atoms with Crippen molar-refractivity contribution in [3.63, 3.8) is 0 Å². The van der Waals surface area contributed by atoms with Crippen molar-refractivity contribution in [2.45, 2.75) is 90.4 Å². The van der Waals surface area contributed by atoms with E-state index in [4.69, 9.17) is 5.11 Å². The molecule has 1 saturated heterocycles. The number of alkyl halides is 20. The van der Waals surface area contributed by atoms with E-state index in [9.17, 15) is 103 Å². The first kappa shape index (κ1) is 39.4. The Kier molecular flexibility index (Phi) is 10.4. The molecule has 0 saturated carbocycles. The van der Waals surface area contributed by atoms with Crippen LogP contribution in [0.15, 0.2) is 0 Å². The van der Waals surface area contributed by atoms with Gasteiger partial charge in [0.25, 0.3) is 0 Å². The van der Waals surface area contributed by atoms with Gasteiger partial charge in [0.1, 0.15) is 31.0 Å². The van der Waals surface area contributed by atoms with Crippen LogP contribution in [0.4, 0.5) is 87.8 Å². The number of hydrogen-bond acceptors (Lipinski definition) is 6. The molecular weight excluding hydrogens is 680 g/mol.